The SMILES string of the molecule is COCCC(C)(O)CNC(=O)C1CCC(=O)N1. The zero-order valence-electron chi connectivity index (χ0n) is 10.3. The van der Waals surface area contributed by atoms with Crippen LogP contribution in [0.15, 0.2) is 0 Å². The fraction of sp³-hybridized carbons (Fsp3) is 0.818. The fourth-order valence-corrected chi connectivity index (χ4v) is 1.62. The van der Waals surface area contributed by atoms with Crippen molar-refractivity contribution in [3.8, 4) is 0 Å². The third-order valence-electron chi connectivity index (χ3n) is 2.80. The molecule has 2 amide bonds. The number of hydrogen-bond acceptors (Lipinski definition) is 4. The number of ether oxygens (including phenoxy) is 1. The van der Waals surface area contributed by atoms with Crippen molar-refractivity contribution in [2.45, 2.75) is 37.8 Å². The van der Waals surface area contributed by atoms with Crippen LogP contribution in [-0.2, 0) is 14.3 Å². The molecule has 3 N–H and O–H groups in total. The summed E-state index contributed by atoms with van der Waals surface area (Å²) in [7, 11) is 1.56. The topological polar surface area (TPSA) is 87.7 Å². The van der Waals surface area contributed by atoms with E-state index < -0.39 is 11.6 Å². The van der Waals surface area contributed by atoms with Gasteiger partial charge in [0.1, 0.15) is 6.04 Å². The van der Waals surface area contributed by atoms with Crippen molar-refractivity contribution in [3.63, 3.8) is 0 Å². The molecule has 0 radical (unpaired) electrons. The molecule has 1 saturated heterocycles. The van der Waals surface area contributed by atoms with E-state index in [1.807, 2.05) is 0 Å². The summed E-state index contributed by atoms with van der Waals surface area (Å²) in [6, 6.07) is -0.458. The lowest BCUT2D eigenvalue weighted by molar-refractivity contribution is -0.126. The molecule has 1 heterocycles. The Morgan fingerprint density at radius 3 is 2.94 bits per heavy atom. The Kier molecular flexibility index (Phi) is 4.89. The Labute approximate surface area is 101 Å². The van der Waals surface area contributed by atoms with Gasteiger partial charge in [-0.25, -0.2) is 0 Å². The highest BCUT2D eigenvalue weighted by Gasteiger charge is 2.28. The van der Waals surface area contributed by atoms with E-state index in [1.165, 1.54) is 0 Å². The summed E-state index contributed by atoms with van der Waals surface area (Å²) < 4.78 is 4.87. The zero-order valence-corrected chi connectivity index (χ0v) is 10.3. The number of methoxy groups -OCH3 is 1. The molecule has 98 valence electrons. The lowest BCUT2D eigenvalue weighted by Crippen LogP contribution is -2.47. The van der Waals surface area contributed by atoms with E-state index in [-0.39, 0.29) is 18.4 Å². The summed E-state index contributed by atoms with van der Waals surface area (Å²) >= 11 is 0. The number of nitrogens with one attached hydrogen (secondary N) is 2. The second-order valence-corrected chi connectivity index (χ2v) is 4.62. The predicted molar refractivity (Wildman–Crippen MR) is 61.3 cm³/mol. The predicted octanol–water partition coefficient (Wildman–Crippen LogP) is -0.831. The molecule has 6 heteroatoms. The van der Waals surface area contributed by atoms with Crippen molar-refractivity contribution in [1.29, 1.82) is 0 Å². The molecular formula is C11H20N2O4. The van der Waals surface area contributed by atoms with Crippen LogP contribution in [0, 0.1) is 0 Å². The van der Waals surface area contributed by atoms with Crippen LogP contribution in [0.3, 0.4) is 0 Å². The van der Waals surface area contributed by atoms with Gasteiger partial charge in [0.15, 0.2) is 0 Å². The van der Waals surface area contributed by atoms with Crippen LogP contribution < -0.4 is 10.6 Å². The van der Waals surface area contributed by atoms with Crippen LogP contribution >= 0.6 is 0 Å². The van der Waals surface area contributed by atoms with Gasteiger partial charge in [-0.1, -0.05) is 0 Å². The Morgan fingerprint density at radius 1 is 1.71 bits per heavy atom. The minimum atomic E-state index is -0.992. The summed E-state index contributed by atoms with van der Waals surface area (Å²) in [5, 5.41) is 15.1. The van der Waals surface area contributed by atoms with Crippen molar-refractivity contribution < 1.29 is 19.4 Å². The molecule has 0 saturated carbocycles. The van der Waals surface area contributed by atoms with Gasteiger partial charge in [-0.3, -0.25) is 9.59 Å². The monoisotopic (exact) mass is 244 g/mol. The second-order valence-electron chi connectivity index (χ2n) is 4.62. The number of rotatable bonds is 6. The van der Waals surface area contributed by atoms with Gasteiger partial charge in [0.2, 0.25) is 11.8 Å². The van der Waals surface area contributed by atoms with Crippen molar-refractivity contribution in [3.05, 3.63) is 0 Å². The van der Waals surface area contributed by atoms with Crippen LogP contribution in [0.4, 0.5) is 0 Å². The second kappa shape index (κ2) is 5.97. The molecule has 1 rings (SSSR count). The molecule has 0 aromatic heterocycles. The molecule has 1 aliphatic heterocycles. The maximum absolute atomic E-state index is 11.6. The van der Waals surface area contributed by atoms with Crippen LogP contribution in [0.2, 0.25) is 0 Å². The average Bonchev–Trinajstić information content (AvgIpc) is 2.70. The Balaban J connectivity index is 2.29. The van der Waals surface area contributed by atoms with E-state index in [9.17, 15) is 14.7 Å². The normalized spacial score (nSPS) is 23.0. The van der Waals surface area contributed by atoms with Crippen molar-refractivity contribution in [2.24, 2.45) is 0 Å². The molecule has 0 spiro atoms. The molecule has 2 unspecified atom stereocenters. The third-order valence-corrected chi connectivity index (χ3v) is 2.80. The van der Waals surface area contributed by atoms with E-state index >= 15 is 0 Å². The minimum absolute atomic E-state index is 0.101. The number of carbonyl (C=O) groups excluding carboxylic acids is 2. The molecule has 0 aromatic carbocycles. The van der Waals surface area contributed by atoms with E-state index in [0.29, 0.717) is 25.9 Å². The molecule has 2 atom stereocenters. The quantitative estimate of drug-likeness (QED) is 0.569. The lowest BCUT2D eigenvalue weighted by atomic mass is 10.0. The molecule has 0 aromatic rings. The maximum Gasteiger partial charge on any atom is 0.242 e. The van der Waals surface area contributed by atoms with Gasteiger partial charge in [0.25, 0.3) is 0 Å². The average molecular weight is 244 g/mol. The van der Waals surface area contributed by atoms with Crippen molar-refractivity contribution in [1.82, 2.24) is 10.6 Å². The maximum atomic E-state index is 11.6. The minimum Gasteiger partial charge on any atom is -0.388 e. The van der Waals surface area contributed by atoms with E-state index in [4.69, 9.17) is 4.74 Å². The number of aliphatic hydroxyl groups is 1. The molecule has 6 nitrogen and oxygen atoms in total. The highest BCUT2D eigenvalue weighted by Crippen LogP contribution is 2.09. The van der Waals surface area contributed by atoms with E-state index in [2.05, 4.69) is 10.6 Å². The van der Waals surface area contributed by atoms with Gasteiger partial charge in [0.05, 0.1) is 5.60 Å². The first-order chi connectivity index (χ1) is 7.94. The molecular weight excluding hydrogens is 224 g/mol. The van der Waals surface area contributed by atoms with Gasteiger partial charge in [-0.05, 0) is 13.3 Å². The molecule has 0 bridgehead atoms. The zero-order chi connectivity index (χ0) is 12.9. The largest absolute Gasteiger partial charge is 0.388 e. The van der Waals surface area contributed by atoms with Gasteiger partial charge >= 0.3 is 0 Å². The van der Waals surface area contributed by atoms with Gasteiger partial charge in [-0.2, -0.15) is 0 Å². The lowest BCUT2D eigenvalue weighted by Gasteiger charge is -2.24. The van der Waals surface area contributed by atoms with Crippen LogP contribution in [0.1, 0.15) is 26.2 Å². The highest BCUT2D eigenvalue weighted by molar-refractivity contribution is 5.90. The van der Waals surface area contributed by atoms with Crippen LogP contribution in [-0.4, -0.2) is 48.8 Å². The fourth-order valence-electron chi connectivity index (χ4n) is 1.62. The molecule has 17 heavy (non-hydrogen) atoms. The molecule has 0 aliphatic carbocycles. The molecule has 1 fully saturated rings. The van der Waals surface area contributed by atoms with Crippen LogP contribution in [0.25, 0.3) is 0 Å². The summed E-state index contributed by atoms with van der Waals surface area (Å²) in [6.45, 7) is 2.23. The first kappa shape index (κ1) is 13.9. The number of carbonyl (C=O) groups is 2. The van der Waals surface area contributed by atoms with E-state index in [1.54, 1.807) is 14.0 Å². The van der Waals surface area contributed by atoms with Gasteiger partial charge in [0, 0.05) is 33.1 Å². The Hall–Kier alpha value is -1.14. The highest BCUT2D eigenvalue weighted by atomic mass is 16.5. The third kappa shape index (κ3) is 4.70. The van der Waals surface area contributed by atoms with Gasteiger partial charge in [-0.15, -0.1) is 0 Å². The van der Waals surface area contributed by atoms with Gasteiger partial charge < -0.3 is 20.5 Å². The van der Waals surface area contributed by atoms with E-state index in [0.717, 1.165) is 0 Å². The summed E-state index contributed by atoms with van der Waals surface area (Å²) in [5.74, 6) is -0.343. The van der Waals surface area contributed by atoms with Crippen LogP contribution in [0.5, 0.6) is 0 Å². The number of amides is 2. The Morgan fingerprint density at radius 2 is 2.41 bits per heavy atom. The summed E-state index contributed by atoms with van der Waals surface area (Å²) in [4.78, 5) is 22.6. The van der Waals surface area contributed by atoms with Crippen molar-refractivity contribution >= 4 is 11.8 Å². The first-order valence-corrected chi connectivity index (χ1v) is 5.73. The summed E-state index contributed by atoms with van der Waals surface area (Å²) in [5.41, 5.74) is -0.992. The standard InChI is InChI=1S/C11H20N2O4/c1-11(16,5-6-17-2)7-12-10(15)8-3-4-9(14)13-8/h8,16H,3-7H2,1-2H3,(H,12,15)(H,13,14). The van der Waals surface area contributed by atoms with Crippen molar-refractivity contribution in [2.75, 3.05) is 20.3 Å². The summed E-state index contributed by atoms with van der Waals surface area (Å²) in [6.07, 6.45) is 1.35. The number of hydrogen-bond donors (Lipinski definition) is 3. The smallest absolute Gasteiger partial charge is 0.242 e. The Bertz CT molecular complexity index is 291. The first-order valence-electron chi connectivity index (χ1n) is 5.73. The molecule has 1 aliphatic rings.